The second-order valence-corrected chi connectivity index (χ2v) is 7.30. The molecule has 2 aromatic carbocycles. The maximum Gasteiger partial charge on any atom is 0.274 e. The zero-order valence-corrected chi connectivity index (χ0v) is 17.2. The van der Waals surface area contributed by atoms with Gasteiger partial charge in [-0.3, -0.25) is 9.59 Å². The van der Waals surface area contributed by atoms with Crippen molar-refractivity contribution in [3.63, 3.8) is 0 Å². The molecule has 1 saturated heterocycles. The highest BCUT2D eigenvalue weighted by Crippen LogP contribution is 2.16. The van der Waals surface area contributed by atoms with Gasteiger partial charge in [0.05, 0.1) is 13.5 Å². The van der Waals surface area contributed by atoms with E-state index in [1.54, 1.807) is 47.4 Å². The minimum absolute atomic E-state index is 0.0178. The number of methoxy groups -OCH3 is 1. The highest BCUT2D eigenvalue weighted by Gasteiger charge is 2.26. The Morgan fingerprint density at radius 2 is 1.74 bits per heavy atom. The molecular formula is C23H23FN4O3. The van der Waals surface area contributed by atoms with Gasteiger partial charge in [0.15, 0.2) is 5.69 Å². The molecule has 1 fully saturated rings. The summed E-state index contributed by atoms with van der Waals surface area (Å²) in [5, 5.41) is 4.24. The van der Waals surface area contributed by atoms with Gasteiger partial charge >= 0.3 is 0 Å². The minimum atomic E-state index is -0.409. The summed E-state index contributed by atoms with van der Waals surface area (Å²) >= 11 is 0. The molecule has 8 heteroatoms. The number of benzene rings is 2. The maximum absolute atomic E-state index is 14.0. The average molecular weight is 422 g/mol. The van der Waals surface area contributed by atoms with Crippen molar-refractivity contribution in [3.05, 3.63) is 77.9 Å². The number of carbonyl (C=O) groups excluding carboxylic acids is 2. The Hall–Kier alpha value is -3.68. The van der Waals surface area contributed by atoms with E-state index in [1.807, 2.05) is 24.3 Å². The molecule has 0 unspecified atom stereocenters. The lowest BCUT2D eigenvalue weighted by Crippen LogP contribution is -2.51. The molecule has 0 saturated carbocycles. The fourth-order valence-corrected chi connectivity index (χ4v) is 3.60. The molecule has 0 atom stereocenters. The summed E-state index contributed by atoms with van der Waals surface area (Å²) in [5.41, 5.74) is 1.43. The third kappa shape index (κ3) is 4.58. The first-order valence-electron chi connectivity index (χ1n) is 10.1. The van der Waals surface area contributed by atoms with Gasteiger partial charge in [0.1, 0.15) is 17.3 Å². The second kappa shape index (κ2) is 8.99. The van der Waals surface area contributed by atoms with E-state index in [4.69, 9.17) is 4.74 Å². The van der Waals surface area contributed by atoms with Crippen LogP contribution in [-0.2, 0) is 11.2 Å². The van der Waals surface area contributed by atoms with Gasteiger partial charge in [-0.25, -0.2) is 9.07 Å². The first-order valence-corrected chi connectivity index (χ1v) is 10.1. The van der Waals surface area contributed by atoms with Gasteiger partial charge in [-0.1, -0.05) is 24.3 Å². The zero-order chi connectivity index (χ0) is 21.8. The van der Waals surface area contributed by atoms with Crippen molar-refractivity contribution in [2.24, 2.45) is 0 Å². The van der Waals surface area contributed by atoms with E-state index >= 15 is 0 Å². The Kier molecular flexibility index (Phi) is 5.97. The van der Waals surface area contributed by atoms with E-state index in [0.29, 0.717) is 26.2 Å². The van der Waals surface area contributed by atoms with Crippen LogP contribution in [0.2, 0.25) is 0 Å². The van der Waals surface area contributed by atoms with Crippen molar-refractivity contribution >= 4 is 11.8 Å². The lowest BCUT2D eigenvalue weighted by Gasteiger charge is -2.34. The van der Waals surface area contributed by atoms with E-state index in [0.717, 1.165) is 11.3 Å². The number of carbonyl (C=O) groups is 2. The lowest BCUT2D eigenvalue weighted by atomic mass is 10.1. The van der Waals surface area contributed by atoms with Crippen molar-refractivity contribution in [2.45, 2.75) is 6.42 Å². The summed E-state index contributed by atoms with van der Waals surface area (Å²) in [4.78, 5) is 28.9. The molecule has 1 aliphatic rings. The molecule has 160 valence electrons. The quantitative estimate of drug-likeness (QED) is 0.634. The minimum Gasteiger partial charge on any atom is -0.497 e. The van der Waals surface area contributed by atoms with Crippen LogP contribution in [-0.4, -0.2) is 64.7 Å². The molecule has 31 heavy (non-hydrogen) atoms. The first kappa shape index (κ1) is 20.6. The van der Waals surface area contributed by atoms with E-state index in [-0.39, 0.29) is 29.6 Å². The predicted molar refractivity (Wildman–Crippen MR) is 113 cm³/mol. The monoisotopic (exact) mass is 422 g/mol. The van der Waals surface area contributed by atoms with Crippen LogP contribution in [0, 0.1) is 5.82 Å². The Morgan fingerprint density at radius 3 is 2.48 bits per heavy atom. The van der Waals surface area contributed by atoms with Crippen LogP contribution < -0.4 is 4.74 Å². The molecule has 0 N–H and O–H groups in total. The van der Waals surface area contributed by atoms with Crippen LogP contribution in [0.15, 0.2) is 60.8 Å². The molecule has 4 rings (SSSR count). The van der Waals surface area contributed by atoms with Crippen LogP contribution in [0.25, 0.3) is 5.69 Å². The molecule has 1 aliphatic heterocycles. The average Bonchev–Trinajstić information content (AvgIpc) is 3.29. The fraction of sp³-hybridized carbons (Fsp3) is 0.261. The van der Waals surface area contributed by atoms with Crippen molar-refractivity contribution in [2.75, 3.05) is 33.3 Å². The van der Waals surface area contributed by atoms with Gasteiger partial charge in [-0.05, 0) is 35.9 Å². The molecule has 0 spiro atoms. The number of piperazine rings is 1. The summed E-state index contributed by atoms with van der Waals surface area (Å²) in [6.45, 7) is 1.77. The fourth-order valence-electron chi connectivity index (χ4n) is 3.60. The van der Waals surface area contributed by atoms with Crippen LogP contribution in [0.1, 0.15) is 16.1 Å². The molecule has 2 heterocycles. The smallest absolute Gasteiger partial charge is 0.274 e. The van der Waals surface area contributed by atoms with Gasteiger partial charge in [0.2, 0.25) is 5.91 Å². The van der Waals surface area contributed by atoms with Crippen LogP contribution in [0.3, 0.4) is 0 Å². The Labute approximate surface area is 179 Å². The molecule has 0 bridgehead atoms. The SMILES string of the molecule is COc1cccc(CC(=O)N2CCN(C(=O)c3ccn(-c4ccccc4F)n3)CC2)c1. The number of nitrogens with zero attached hydrogens (tertiary/aromatic N) is 4. The van der Waals surface area contributed by atoms with E-state index in [9.17, 15) is 14.0 Å². The third-order valence-corrected chi connectivity index (χ3v) is 5.32. The van der Waals surface area contributed by atoms with Gasteiger partial charge in [0.25, 0.3) is 5.91 Å². The molecule has 0 aliphatic carbocycles. The lowest BCUT2D eigenvalue weighted by molar-refractivity contribution is -0.131. The van der Waals surface area contributed by atoms with E-state index < -0.39 is 5.82 Å². The van der Waals surface area contributed by atoms with Gasteiger partial charge in [0, 0.05) is 32.4 Å². The number of halogens is 1. The standard InChI is InChI=1S/C23H23FN4O3/c1-31-18-6-4-5-17(15-18)16-22(29)26-11-13-27(14-12-26)23(30)20-9-10-28(25-20)21-8-3-2-7-19(21)24/h2-10,15H,11-14,16H2,1H3. The highest BCUT2D eigenvalue weighted by atomic mass is 19.1. The third-order valence-electron chi connectivity index (χ3n) is 5.32. The van der Waals surface area contributed by atoms with Crippen LogP contribution in [0.4, 0.5) is 4.39 Å². The zero-order valence-electron chi connectivity index (χ0n) is 17.2. The predicted octanol–water partition coefficient (Wildman–Crippen LogP) is 2.55. The Morgan fingerprint density at radius 1 is 1.00 bits per heavy atom. The van der Waals surface area contributed by atoms with E-state index in [1.165, 1.54) is 10.7 Å². The number of para-hydroxylation sites is 1. The van der Waals surface area contributed by atoms with Crippen LogP contribution in [0.5, 0.6) is 5.75 Å². The molecule has 3 aromatic rings. The first-order chi connectivity index (χ1) is 15.0. The second-order valence-electron chi connectivity index (χ2n) is 7.30. The topological polar surface area (TPSA) is 67.7 Å². The van der Waals surface area contributed by atoms with Crippen molar-refractivity contribution in [3.8, 4) is 11.4 Å². The number of amides is 2. The Balaban J connectivity index is 1.35. The van der Waals surface area contributed by atoms with Crippen LogP contribution >= 0.6 is 0 Å². The molecule has 2 amide bonds. The summed E-state index contributed by atoms with van der Waals surface area (Å²) in [7, 11) is 1.59. The number of hydrogen-bond donors (Lipinski definition) is 0. The van der Waals surface area contributed by atoms with Crippen molar-refractivity contribution in [1.29, 1.82) is 0 Å². The normalized spacial score (nSPS) is 13.9. The molecule has 7 nitrogen and oxygen atoms in total. The highest BCUT2D eigenvalue weighted by molar-refractivity contribution is 5.92. The van der Waals surface area contributed by atoms with Crippen molar-refractivity contribution < 1.29 is 18.7 Å². The Bertz CT molecular complexity index is 1090. The van der Waals surface area contributed by atoms with E-state index in [2.05, 4.69) is 5.10 Å². The number of ether oxygens (including phenoxy) is 1. The number of aromatic nitrogens is 2. The number of rotatable bonds is 5. The summed E-state index contributed by atoms with van der Waals surface area (Å²) < 4.78 is 20.5. The maximum atomic E-state index is 14.0. The molecular weight excluding hydrogens is 399 g/mol. The van der Waals surface area contributed by atoms with Gasteiger partial charge in [-0.2, -0.15) is 5.10 Å². The summed E-state index contributed by atoms with van der Waals surface area (Å²) in [6, 6.07) is 15.3. The summed E-state index contributed by atoms with van der Waals surface area (Å²) in [5.74, 6) is 0.0995. The summed E-state index contributed by atoms with van der Waals surface area (Å²) in [6.07, 6.45) is 1.86. The van der Waals surface area contributed by atoms with Crippen molar-refractivity contribution in [1.82, 2.24) is 19.6 Å². The molecule has 0 radical (unpaired) electrons. The van der Waals surface area contributed by atoms with Gasteiger partial charge < -0.3 is 14.5 Å². The molecule has 1 aromatic heterocycles. The number of hydrogen-bond acceptors (Lipinski definition) is 4. The van der Waals surface area contributed by atoms with Gasteiger partial charge in [-0.15, -0.1) is 0 Å². The largest absolute Gasteiger partial charge is 0.497 e.